The summed E-state index contributed by atoms with van der Waals surface area (Å²) in [6, 6.07) is 16.3. The third kappa shape index (κ3) is 6.27. The molecule has 2 aromatic rings. The molecular formula is C28H37N5O5S. The average molecular weight is 556 g/mol. The molecule has 3 saturated heterocycles. The molecule has 3 fully saturated rings. The molecule has 5 rings (SSSR count). The van der Waals surface area contributed by atoms with Crippen molar-refractivity contribution in [3.63, 3.8) is 0 Å². The Kier molecular flexibility index (Phi) is 8.51. The first-order chi connectivity index (χ1) is 18.8. The molecule has 0 bridgehead atoms. The highest BCUT2D eigenvalue weighted by molar-refractivity contribution is 7.89. The molecule has 0 saturated carbocycles. The van der Waals surface area contributed by atoms with Gasteiger partial charge in [-0.1, -0.05) is 30.3 Å². The van der Waals surface area contributed by atoms with Gasteiger partial charge in [0.05, 0.1) is 17.9 Å². The number of hydrogen-bond acceptors (Lipinski definition) is 7. The van der Waals surface area contributed by atoms with Gasteiger partial charge in [0.2, 0.25) is 15.9 Å². The Morgan fingerprint density at radius 1 is 0.974 bits per heavy atom. The van der Waals surface area contributed by atoms with Crippen molar-refractivity contribution in [2.45, 2.75) is 43.2 Å². The Hall–Kier alpha value is -2.99. The number of piperidine rings is 2. The van der Waals surface area contributed by atoms with Gasteiger partial charge in [0.15, 0.2) is 0 Å². The summed E-state index contributed by atoms with van der Waals surface area (Å²) in [5, 5.41) is 7.88. The van der Waals surface area contributed by atoms with E-state index in [2.05, 4.69) is 25.8 Å². The number of nitrogens with zero attached hydrogens (tertiary/aromatic N) is 2. The van der Waals surface area contributed by atoms with Crippen LogP contribution in [0.15, 0.2) is 59.5 Å². The summed E-state index contributed by atoms with van der Waals surface area (Å²) in [6.07, 6.45) is 3.02. The lowest BCUT2D eigenvalue weighted by Crippen LogP contribution is -2.49. The minimum Gasteiger partial charge on any atom is -0.453 e. The smallest absolute Gasteiger partial charge is 0.411 e. The molecule has 3 atom stereocenters. The lowest BCUT2D eigenvalue weighted by molar-refractivity contribution is -0.126. The maximum atomic E-state index is 13.2. The van der Waals surface area contributed by atoms with Gasteiger partial charge in [-0.25, -0.2) is 18.2 Å². The van der Waals surface area contributed by atoms with Gasteiger partial charge in [-0.05, 0) is 67.3 Å². The molecule has 3 N–H and O–H groups in total. The monoisotopic (exact) mass is 555 g/mol. The van der Waals surface area contributed by atoms with Crippen LogP contribution in [0.5, 0.6) is 0 Å². The number of amides is 2. The second kappa shape index (κ2) is 12.0. The zero-order valence-corrected chi connectivity index (χ0v) is 23.0. The quantitative estimate of drug-likeness (QED) is 0.481. The number of anilines is 1. The van der Waals surface area contributed by atoms with Crippen LogP contribution >= 0.6 is 0 Å². The average Bonchev–Trinajstić information content (AvgIpc) is 3.40. The number of nitrogens with one attached hydrogen (secondary N) is 3. The molecule has 2 amide bonds. The second-order valence-corrected chi connectivity index (χ2v) is 12.5. The second-order valence-electron chi connectivity index (χ2n) is 10.6. The number of benzene rings is 2. The van der Waals surface area contributed by atoms with Crippen LogP contribution in [0.4, 0.5) is 10.5 Å². The molecule has 3 aliphatic heterocycles. The maximum Gasteiger partial charge on any atom is 0.411 e. The van der Waals surface area contributed by atoms with Crippen molar-refractivity contribution in [2.75, 3.05) is 38.6 Å². The van der Waals surface area contributed by atoms with Crippen LogP contribution in [0, 0.1) is 17.8 Å². The summed E-state index contributed by atoms with van der Waals surface area (Å²) >= 11 is 0. The predicted molar refractivity (Wildman–Crippen MR) is 147 cm³/mol. The van der Waals surface area contributed by atoms with Crippen molar-refractivity contribution in [1.82, 2.24) is 20.1 Å². The van der Waals surface area contributed by atoms with E-state index in [-0.39, 0.29) is 22.8 Å². The highest BCUT2D eigenvalue weighted by Gasteiger charge is 2.44. The Labute approximate surface area is 230 Å². The third-order valence-corrected chi connectivity index (χ3v) is 10.3. The van der Waals surface area contributed by atoms with E-state index in [4.69, 9.17) is 0 Å². The molecule has 3 unspecified atom stereocenters. The van der Waals surface area contributed by atoms with Crippen molar-refractivity contribution in [1.29, 1.82) is 0 Å². The molecule has 2 aromatic carbocycles. The number of sulfonamides is 1. The fourth-order valence-electron chi connectivity index (χ4n) is 6.18. The van der Waals surface area contributed by atoms with E-state index in [0.29, 0.717) is 43.7 Å². The molecule has 0 radical (unpaired) electrons. The van der Waals surface area contributed by atoms with Crippen LogP contribution in [0.1, 0.15) is 31.2 Å². The maximum absolute atomic E-state index is 13.2. The van der Waals surface area contributed by atoms with E-state index >= 15 is 0 Å². The van der Waals surface area contributed by atoms with Gasteiger partial charge < -0.3 is 10.1 Å². The lowest BCUT2D eigenvalue weighted by atomic mass is 9.75. The predicted octanol–water partition coefficient (Wildman–Crippen LogP) is 2.80. The van der Waals surface area contributed by atoms with Crippen LogP contribution in [0.3, 0.4) is 0 Å². The summed E-state index contributed by atoms with van der Waals surface area (Å²) in [5.41, 5.74) is 4.99. The molecular weight excluding hydrogens is 518 g/mol. The SMILES string of the molecule is COC(=O)Nc1ccc(S(=O)(=O)N2CCC(C3CCN4NCC(C(=O)NCc5ccccc5)C4C3)CC2)cc1. The highest BCUT2D eigenvalue weighted by Crippen LogP contribution is 2.38. The van der Waals surface area contributed by atoms with Gasteiger partial charge in [-0.3, -0.25) is 15.5 Å². The summed E-state index contributed by atoms with van der Waals surface area (Å²) in [4.78, 5) is 24.7. The molecule has 11 heteroatoms. The van der Waals surface area contributed by atoms with E-state index in [9.17, 15) is 18.0 Å². The fraction of sp³-hybridized carbons (Fsp3) is 0.500. The van der Waals surface area contributed by atoms with E-state index in [1.807, 2.05) is 30.3 Å². The van der Waals surface area contributed by atoms with Crippen LogP contribution in [0.2, 0.25) is 0 Å². The van der Waals surface area contributed by atoms with Crippen LogP contribution in [0.25, 0.3) is 0 Å². The van der Waals surface area contributed by atoms with Gasteiger partial charge in [-0.2, -0.15) is 4.31 Å². The van der Waals surface area contributed by atoms with Crippen LogP contribution in [-0.2, 0) is 26.1 Å². The zero-order chi connectivity index (χ0) is 27.4. The molecule has 0 aromatic heterocycles. The Balaban J connectivity index is 1.14. The van der Waals surface area contributed by atoms with Crippen LogP contribution in [-0.4, -0.2) is 69.1 Å². The number of methoxy groups -OCH3 is 1. The van der Waals surface area contributed by atoms with Crippen molar-refractivity contribution >= 4 is 27.7 Å². The normalized spacial score (nSPS) is 24.6. The topological polar surface area (TPSA) is 120 Å². The summed E-state index contributed by atoms with van der Waals surface area (Å²) in [7, 11) is -2.34. The largest absolute Gasteiger partial charge is 0.453 e. The number of ether oxygens (including phenoxy) is 1. The number of hydrogen-bond donors (Lipinski definition) is 3. The standard InChI is InChI=1S/C28H37N5O5S/c1-38-28(35)31-23-7-9-24(10-8-23)39(36,37)32-14-11-21(12-15-32)22-13-16-33-26(17-22)25(19-30-33)27(34)29-18-20-5-3-2-4-6-20/h2-10,21-22,25-26,30H,11-19H2,1H3,(H,29,34)(H,31,35). The van der Waals surface area contributed by atoms with E-state index in [0.717, 1.165) is 37.8 Å². The van der Waals surface area contributed by atoms with E-state index < -0.39 is 16.1 Å². The Morgan fingerprint density at radius 3 is 2.36 bits per heavy atom. The number of hydrazine groups is 1. The first kappa shape index (κ1) is 27.6. The zero-order valence-electron chi connectivity index (χ0n) is 22.2. The van der Waals surface area contributed by atoms with Gasteiger partial charge in [0.25, 0.3) is 0 Å². The molecule has 210 valence electrons. The number of rotatable bonds is 7. The Morgan fingerprint density at radius 2 is 1.67 bits per heavy atom. The molecule has 3 aliphatic rings. The minimum atomic E-state index is -3.61. The number of fused-ring (bicyclic) bond motifs is 1. The lowest BCUT2D eigenvalue weighted by Gasteiger charge is -2.42. The summed E-state index contributed by atoms with van der Waals surface area (Å²) < 4.78 is 32.6. The number of carbonyl (C=O) groups excluding carboxylic acids is 2. The van der Waals surface area contributed by atoms with Crippen LogP contribution < -0.4 is 16.1 Å². The summed E-state index contributed by atoms with van der Waals surface area (Å²) in [5.74, 6) is 0.921. The van der Waals surface area contributed by atoms with Crippen molar-refractivity contribution in [2.24, 2.45) is 17.8 Å². The highest BCUT2D eigenvalue weighted by atomic mass is 32.2. The van der Waals surface area contributed by atoms with Crippen molar-refractivity contribution in [3.8, 4) is 0 Å². The summed E-state index contributed by atoms with van der Waals surface area (Å²) in [6.45, 7) is 3.06. The van der Waals surface area contributed by atoms with Gasteiger partial charge in [0, 0.05) is 44.5 Å². The first-order valence-electron chi connectivity index (χ1n) is 13.6. The molecule has 39 heavy (non-hydrogen) atoms. The van der Waals surface area contributed by atoms with Gasteiger partial charge in [0.1, 0.15) is 0 Å². The molecule has 0 spiro atoms. The molecule has 10 nitrogen and oxygen atoms in total. The fourth-order valence-corrected chi connectivity index (χ4v) is 7.65. The minimum absolute atomic E-state index is 0.0892. The molecule has 3 heterocycles. The van der Waals surface area contributed by atoms with Crippen molar-refractivity contribution < 1.29 is 22.7 Å². The van der Waals surface area contributed by atoms with Crippen molar-refractivity contribution in [3.05, 3.63) is 60.2 Å². The number of carbonyl (C=O) groups is 2. The van der Waals surface area contributed by atoms with Gasteiger partial charge in [-0.15, -0.1) is 0 Å². The van der Waals surface area contributed by atoms with Gasteiger partial charge >= 0.3 is 6.09 Å². The molecule has 0 aliphatic carbocycles. The Bertz CT molecular complexity index is 1250. The van der Waals surface area contributed by atoms with E-state index in [1.165, 1.54) is 19.2 Å². The third-order valence-electron chi connectivity index (χ3n) is 8.40. The van der Waals surface area contributed by atoms with E-state index in [1.54, 1.807) is 16.4 Å². The first-order valence-corrected chi connectivity index (χ1v) is 15.1.